The van der Waals surface area contributed by atoms with Gasteiger partial charge in [0.25, 0.3) is 5.91 Å². The fraction of sp³-hybridized carbons (Fsp3) is 0.333. The van der Waals surface area contributed by atoms with Crippen molar-refractivity contribution in [2.24, 2.45) is 5.92 Å². The zero-order chi connectivity index (χ0) is 30.9. The van der Waals surface area contributed by atoms with Gasteiger partial charge in [-0.2, -0.15) is 0 Å². The van der Waals surface area contributed by atoms with Crippen LogP contribution in [0.4, 0.5) is 4.79 Å². The maximum atomic E-state index is 13.1. The summed E-state index contributed by atoms with van der Waals surface area (Å²) in [5.41, 5.74) is 1.04. The van der Waals surface area contributed by atoms with Crippen LogP contribution in [0.3, 0.4) is 0 Å². The van der Waals surface area contributed by atoms with Crippen molar-refractivity contribution < 1.29 is 43.7 Å². The molecule has 0 radical (unpaired) electrons. The molecule has 4 rings (SSSR count). The molecule has 3 aromatic rings. The summed E-state index contributed by atoms with van der Waals surface area (Å²) in [6.07, 6.45) is -0.800. The number of fused-ring (bicyclic) bond motifs is 1. The Bertz CT molecular complexity index is 1520. The standard InChI is InChI=1S/C30H32N4O9/c1-2-42-30(41)34-14-12-33(13-15-34)28(38)22(29(39)40)10-11-31-27(37)24-18-25(21-8-3-4-9-23(21)32-24)43-20-7-5-6-19(16-20)17-26(35)36/h3-9,16,18,22H,2,10-15,17H2,1H3,(H,31,37)(H,35,36)(H,39,40). The molecule has 2 aromatic carbocycles. The molecular formula is C30H32N4O9. The highest BCUT2D eigenvalue weighted by molar-refractivity contribution is 5.98. The van der Waals surface area contributed by atoms with Crippen molar-refractivity contribution in [2.75, 3.05) is 39.3 Å². The molecule has 0 saturated carbocycles. The van der Waals surface area contributed by atoms with Gasteiger partial charge in [0.15, 0.2) is 0 Å². The Morgan fingerprint density at radius 1 is 0.953 bits per heavy atom. The van der Waals surface area contributed by atoms with Gasteiger partial charge in [-0.25, -0.2) is 9.78 Å². The van der Waals surface area contributed by atoms with Gasteiger partial charge in [-0.1, -0.05) is 24.3 Å². The number of para-hydroxylation sites is 1. The van der Waals surface area contributed by atoms with Gasteiger partial charge in [0.1, 0.15) is 23.1 Å². The van der Waals surface area contributed by atoms with E-state index in [1.165, 1.54) is 15.9 Å². The maximum Gasteiger partial charge on any atom is 0.409 e. The molecule has 1 aromatic heterocycles. The number of pyridine rings is 1. The van der Waals surface area contributed by atoms with E-state index < -0.39 is 35.8 Å². The van der Waals surface area contributed by atoms with Gasteiger partial charge in [0, 0.05) is 44.2 Å². The quantitative estimate of drug-likeness (QED) is 0.281. The average molecular weight is 593 g/mol. The summed E-state index contributed by atoms with van der Waals surface area (Å²) >= 11 is 0. The molecule has 1 unspecified atom stereocenters. The zero-order valence-electron chi connectivity index (χ0n) is 23.5. The molecule has 0 bridgehead atoms. The number of benzene rings is 2. The number of piperazine rings is 1. The van der Waals surface area contributed by atoms with Crippen LogP contribution in [0, 0.1) is 5.92 Å². The lowest BCUT2D eigenvalue weighted by atomic mass is 10.0. The van der Waals surface area contributed by atoms with Crippen LogP contribution in [0.5, 0.6) is 11.5 Å². The Hall–Kier alpha value is -5.20. The summed E-state index contributed by atoms with van der Waals surface area (Å²) in [4.78, 5) is 68.2. The van der Waals surface area contributed by atoms with E-state index in [9.17, 15) is 29.1 Å². The molecular weight excluding hydrogens is 560 g/mol. The number of amides is 3. The maximum absolute atomic E-state index is 13.1. The molecule has 1 saturated heterocycles. The van der Waals surface area contributed by atoms with E-state index in [0.717, 1.165) is 0 Å². The van der Waals surface area contributed by atoms with Crippen molar-refractivity contribution >= 4 is 40.7 Å². The van der Waals surface area contributed by atoms with Gasteiger partial charge in [0.05, 0.1) is 18.5 Å². The van der Waals surface area contributed by atoms with Gasteiger partial charge >= 0.3 is 18.0 Å². The number of hydrogen-bond donors (Lipinski definition) is 3. The van der Waals surface area contributed by atoms with Crippen molar-refractivity contribution in [1.82, 2.24) is 20.1 Å². The van der Waals surface area contributed by atoms with Crippen LogP contribution in [-0.4, -0.2) is 94.2 Å². The van der Waals surface area contributed by atoms with E-state index in [1.54, 1.807) is 55.5 Å². The second kappa shape index (κ2) is 14.1. The van der Waals surface area contributed by atoms with E-state index in [1.807, 2.05) is 0 Å². The number of carboxylic acid groups (broad SMARTS) is 2. The molecule has 1 atom stereocenters. The van der Waals surface area contributed by atoms with Crippen LogP contribution < -0.4 is 10.1 Å². The summed E-state index contributed by atoms with van der Waals surface area (Å²) in [6, 6.07) is 15.1. The first-order valence-corrected chi connectivity index (χ1v) is 13.8. The fourth-order valence-electron chi connectivity index (χ4n) is 4.68. The SMILES string of the molecule is CCOC(=O)N1CCN(C(=O)C(CCNC(=O)c2cc(Oc3cccc(CC(=O)O)c3)c3ccccc3n2)C(=O)O)CC1. The molecule has 13 heteroatoms. The number of aliphatic carboxylic acids is 2. The zero-order valence-corrected chi connectivity index (χ0v) is 23.5. The second-order valence-electron chi connectivity index (χ2n) is 9.79. The third kappa shape index (κ3) is 7.97. The Labute approximate surface area is 247 Å². The van der Waals surface area contributed by atoms with Crippen molar-refractivity contribution in [1.29, 1.82) is 0 Å². The van der Waals surface area contributed by atoms with E-state index in [0.29, 0.717) is 28.0 Å². The molecule has 3 N–H and O–H groups in total. The fourth-order valence-corrected chi connectivity index (χ4v) is 4.68. The lowest BCUT2D eigenvalue weighted by Gasteiger charge is -2.35. The van der Waals surface area contributed by atoms with Crippen LogP contribution in [0.25, 0.3) is 10.9 Å². The topological polar surface area (TPSA) is 176 Å². The van der Waals surface area contributed by atoms with Gasteiger partial charge < -0.3 is 34.8 Å². The largest absolute Gasteiger partial charge is 0.481 e. The van der Waals surface area contributed by atoms with Crippen LogP contribution >= 0.6 is 0 Å². The summed E-state index contributed by atoms with van der Waals surface area (Å²) in [5, 5.41) is 22.1. The summed E-state index contributed by atoms with van der Waals surface area (Å²) in [7, 11) is 0. The highest BCUT2D eigenvalue weighted by atomic mass is 16.6. The third-order valence-corrected chi connectivity index (χ3v) is 6.82. The van der Waals surface area contributed by atoms with Gasteiger partial charge in [-0.05, 0) is 43.2 Å². The molecule has 0 spiro atoms. The molecule has 13 nitrogen and oxygen atoms in total. The normalized spacial score (nSPS) is 13.7. The first-order chi connectivity index (χ1) is 20.7. The number of carboxylic acids is 2. The lowest BCUT2D eigenvalue weighted by molar-refractivity contribution is -0.152. The minimum atomic E-state index is -1.38. The monoisotopic (exact) mass is 592 g/mol. The number of hydrogen-bond acceptors (Lipinski definition) is 8. The van der Waals surface area contributed by atoms with Crippen LogP contribution in [0.2, 0.25) is 0 Å². The first kappa shape index (κ1) is 30.8. The van der Waals surface area contributed by atoms with E-state index in [4.69, 9.17) is 14.6 Å². The van der Waals surface area contributed by atoms with E-state index in [-0.39, 0.29) is 57.9 Å². The molecule has 0 aliphatic carbocycles. The molecule has 43 heavy (non-hydrogen) atoms. The highest BCUT2D eigenvalue weighted by Gasteiger charge is 2.33. The second-order valence-corrected chi connectivity index (χ2v) is 9.79. The Morgan fingerprint density at radius 3 is 2.37 bits per heavy atom. The number of nitrogens with one attached hydrogen (secondary N) is 1. The van der Waals surface area contributed by atoms with Crippen LogP contribution in [0.1, 0.15) is 29.4 Å². The Balaban J connectivity index is 1.41. The summed E-state index contributed by atoms with van der Waals surface area (Å²) < 4.78 is 11.0. The number of carbonyl (C=O) groups is 5. The smallest absolute Gasteiger partial charge is 0.409 e. The number of nitrogens with zero attached hydrogens (tertiary/aromatic N) is 3. The average Bonchev–Trinajstić information content (AvgIpc) is 2.98. The van der Waals surface area contributed by atoms with Gasteiger partial charge in [-0.15, -0.1) is 0 Å². The molecule has 226 valence electrons. The third-order valence-electron chi connectivity index (χ3n) is 6.82. The Morgan fingerprint density at radius 2 is 1.67 bits per heavy atom. The molecule has 1 aliphatic rings. The van der Waals surface area contributed by atoms with Crippen molar-refractivity contribution in [3.05, 3.63) is 65.9 Å². The summed E-state index contributed by atoms with van der Waals surface area (Å²) in [6.45, 7) is 2.64. The number of ether oxygens (including phenoxy) is 2. The predicted molar refractivity (Wildman–Crippen MR) is 153 cm³/mol. The lowest BCUT2D eigenvalue weighted by Crippen LogP contribution is -2.53. The minimum absolute atomic E-state index is 0.0173. The van der Waals surface area contributed by atoms with Crippen molar-refractivity contribution in [2.45, 2.75) is 19.8 Å². The van der Waals surface area contributed by atoms with Gasteiger partial charge in [0.2, 0.25) is 5.91 Å². The van der Waals surface area contributed by atoms with E-state index >= 15 is 0 Å². The number of rotatable bonds is 11. The summed E-state index contributed by atoms with van der Waals surface area (Å²) in [5.74, 6) is -4.14. The van der Waals surface area contributed by atoms with E-state index in [2.05, 4.69) is 10.3 Å². The van der Waals surface area contributed by atoms with Crippen LogP contribution in [0.15, 0.2) is 54.6 Å². The number of aromatic nitrogens is 1. The van der Waals surface area contributed by atoms with Gasteiger partial charge in [-0.3, -0.25) is 19.2 Å². The van der Waals surface area contributed by atoms with Crippen molar-refractivity contribution in [3.8, 4) is 11.5 Å². The number of carbonyl (C=O) groups excluding carboxylic acids is 3. The predicted octanol–water partition coefficient (Wildman–Crippen LogP) is 2.78. The van der Waals surface area contributed by atoms with Crippen LogP contribution in [-0.2, 0) is 25.5 Å². The molecule has 2 heterocycles. The first-order valence-electron chi connectivity index (χ1n) is 13.8. The molecule has 1 aliphatic heterocycles. The highest BCUT2D eigenvalue weighted by Crippen LogP contribution is 2.30. The van der Waals surface area contributed by atoms with Crippen molar-refractivity contribution in [3.63, 3.8) is 0 Å². The minimum Gasteiger partial charge on any atom is -0.481 e. The molecule has 3 amide bonds. The molecule has 1 fully saturated rings. The Kier molecular flexibility index (Phi) is 10.1.